The molecule has 0 bridgehead atoms. The van der Waals surface area contributed by atoms with Gasteiger partial charge in [-0.15, -0.1) is 0 Å². The molecule has 1 aliphatic rings. The molecular formula is C13H15ClN4O. The van der Waals surface area contributed by atoms with Crippen molar-refractivity contribution in [2.24, 2.45) is 5.41 Å². The molecule has 1 fully saturated rings. The van der Waals surface area contributed by atoms with Gasteiger partial charge in [-0.05, 0) is 25.5 Å². The zero-order chi connectivity index (χ0) is 14.0. The van der Waals surface area contributed by atoms with Gasteiger partial charge in [0.25, 0.3) is 0 Å². The highest BCUT2D eigenvalue weighted by molar-refractivity contribution is 6.29. The van der Waals surface area contributed by atoms with Crippen LogP contribution in [0.4, 0.5) is 5.82 Å². The van der Waals surface area contributed by atoms with Gasteiger partial charge in [0.05, 0.1) is 17.0 Å². The van der Waals surface area contributed by atoms with Crippen LogP contribution >= 0.6 is 11.6 Å². The molecule has 2 heterocycles. The minimum atomic E-state index is -0.425. The summed E-state index contributed by atoms with van der Waals surface area (Å²) in [5.74, 6) is 0.675. The van der Waals surface area contributed by atoms with Crippen molar-refractivity contribution in [2.75, 3.05) is 25.0 Å². The van der Waals surface area contributed by atoms with Crippen LogP contribution in [-0.4, -0.2) is 31.0 Å². The van der Waals surface area contributed by atoms with Crippen LogP contribution < -0.4 is 10.2 Å². The molecule has 1 N–H and O–H groups in total. The summed E-state index contributed by atoms with van der Waals surface area (Å²) in [5, 5.41) is 11.9. The first-order valence-corrected chi connectivity index (χ1v) is 6.41. The van der Waals surface area contributed by atoms with Gasteiger partial charge in [-0.2, -0.15) is 5.26 Å². The molecule has 1 aromatic rings. The van der Waals surface area contributed by atoms with E-state index in [4.69, 9.17) is 16.9 Å². The molecule has 0 saturated carbocycles. The standard InChI is InChI=1S/C13H15ClN4O/c1-13(12(19)16-2)3-4-18(8-13)11-6-9(7-15)5-10(14)17-11/h5-6H,3-4,8H2,1-2H3,(H,16,19). The first-order valence-electron chi connectivity index (χ1n) is 6.03. The molecule has 1 saturated heterocycles. The molecule has 2 rings (SSSR count). The van der Waals surface area contributed by atoms with E-state index < -0.39 is 5.41 Å². The highest BCUT2D eigenvalue weighted by Crippen LogP contribution is 2.33. The van der Waals surface area contributed by atoms with E-state index in [9.17, 15) is 4.79 Å². The Hall–Kier alpha value is -1.80. The third kappa shape index (κ3) is 2.64. The first kappa shape index (κ1) is 13.6. The maximum Gasteiger partial charge on any atom is 0.227 e. The number of hydrogen-bond acceptors (Lipinski definition) is 4. The van der Waals surface area contributed by atoms with Crippen LogP contribution in [0.15, 0.2) is 12.1 Å². The molecule has 1 amide bonds. The predicted molar refractivity (Wildman–Crippen MR) is 73.0 cm³/mol. The second kappa shape index (κ2) is 5.06. The maximum atomic E-state index is 11.9. The molecule has 1 aliphatic heterocycles. The Morgan fingerprint density at radius 1 is 1.63 bits per heavy atom. The lowest BCUT2D eigenvalue weighted by Crippen LogP contribution is -2.39. The number of pyridine rings is 1. The molecule has 0 spiro atoms. The third-order valence-electron chi connectivity index (χ3n) is 3.48. The van der Waals surface area contributed by atoms with E-state index in [-0.39, 0.29) is 5.91 Å². The lowest BCUT2D eigenvalue weighted by Gasteiger charge is -2.23. The molecule has 1 unspecified atom stereocenters. The Morgan fingerprint density at radius 2 is 2.37 bits per heavy atom. The zero-order valence-corrected chi connectivity index (χ0v) is 11.7. The van der Waals surface area contributed by atoms with Crippen molar-refractivity contribution in [3.05, 3.63) is 22.8 Å². The summed E-state index contributed by atoms with van der Waals surface area (Å²) >= 11 is 5.90. The number of aromatic nitrogens is 1. The number of carbonyl (C=O) groups is 1. The van der Waals surface area contributed by atoms with E-state index in [1.807, 2.05) is 11.8 Å². The molecule has 1 aromatic heterocycles. The largest absolute Gasteiger partial charge is 0.359 e. The molecule has 0 aliphatic carbocycles. The summed E-state index contributed by atoms with van der Waals surface area (Å²) < 4.78 is 0. The van der Waals surface area contributed by atoms with Crippen molar-refractivity contribution < 1.29 is 4.79 Å². The molecule has 0 aromatic carbocycles. The second-order valence-electron chi connectivity index (χ2n) is 4.96. The van der Waals surface area contributed by atoms with Gasteiger partial charge in [0.2, 0.25) is 5.91 Å². The maximum absolute atomic E-state index is 11.9. The van der Waals surface area contributed by atoms with E-state index in [2.05, 4.69) is 16.4 Å². The highest BCUT2D eigenvalue weighted by Gasteiger charge is 2.40. The number of carbonyl (C=O) groups excluding carboxylic acids is 1. The van der Waals surface area contributed by atoms with E-state index in [1.54, 1.807) is 13.1 Å². The molecule has 19 heavy (non-hydrogen) atoms. The van der Waals surface area contributed by atoms with E-state index in [0.717, 1.165) is 13.0 Å². The average molecular weight is 279 g/mol. The van der Waals surface area contributed by atoms with Crippen LogP contribution in [-0.2, 0) is 4.79 Å². The number of nitrogens with zero attached hydrogens (tertiary/aromatic N) is 3. The zero-order valence-electron chi connectivity index (χ0n) is 10.9. The summed E-state index contributed by atoms with van der Waals surface area (Å²) in [6, 6.07) is 5.28. The Bertz CT molecular complexity index is 554. The number of amides is 1. The number of rotatable bonds is 2. The fraction of sp³-hybridized carbons (Fsp3) is 0.462. The van der Waals surface area contributed by atoms with Crippen LogP contribution in [0.3, 0.4) is 0 Å². The van der Waals surface area contributed by atoms with E-state index in [1.165, 1.54) is 6.07 Å². The lowest BCUT2D eigenvalue weighted by atomic mass is 9.89. The van der Waals surface area contributed by atoms with Crippen LogP contribution in [0.2, 0.25) is 5.15 Å². The number of nitrogens with one attached hydrogen (secondary N) is 1. The van der Waals surface area contributed by atoms with Crippen molar-refractivity contribution in [2.45, 2.75) is 13.3 Å². The van der Waals surface area contributed by atoms with Crippen LogP contribution in [0.1, 0.15) is 18.9 Å². The number of halogens is 1. The minimum Gasteiger partial charge on any atom is -0.359 e. The van der Waals surface area contributed by atoms with Gasteiger partial charge < -0.3 is 10.2 Å². The van der Waals surface area contributed by atoms with Gasteiger partial charge in [-0.3, -0.25) is 4.79 Å². The number of hydrogen-bond donors (Lipinski definition) is 1. The van der Waals surface area contributed by atoms with Crippen molar-refractivity contribution in [3.8, 4) is 6.07 Å². The normalized spacial score (nSPS) is 22.1. The second-order valence-corrected chi connectivity index (χ2v) is 5.35. The van der Waals surface area contributed by atoms with E-state index in [0.29, 0.717) is 23.1 Å². The molecule has 6 heteroatoms. The summed E-state index contributed by atoms with van der Waals surface area (Å²) in [6.45, 7) is 3.23. The monoisotopic (exact) mass is 278 g/mol. The van der Waals surface area contributed by atoms with Crippen molar-refractivity contribution >= 4 is 23.3 Å². The van der Waals surface area contributed by atoms with Crippen molar-refractivity contribution in [3.63, 3.8) is 0 Å². The fourth-order valence-corrected chi connectivity index (χ4v) is 2.56. The van der Waals surface area contributed by atoms with Gasteiger partial charge in [0.15, 0.2) is 0 Å². The molecule has 0 radical (unpaired) electrons. The van der Waals surface area contributed by atoms with Crippen molar-refractivity contribution in [1.29, 1.82) is 5.26 Å². The SMILES string of the molecule is CNC(=O)C1(C)CCN(c2cc(C#N)cc(Cl)n2)C1. The quantitative estimate of drug-likeness (QED) is 0.834. The van der Waals surface area contributed by atoms with Gasteiger partial charge in [0, 0.05) is 20.1 Å². The summed E-state index contributed by atoms with van der Waals surface area (Å²) in [7, 11) is 1.64. The van der Waals surface area contributed by atoms with Crippen molar-refractivity contribution in [1.82, 2.24) is 10.3 Å². The Kier molecular flexibility index (Phi) is 3.63. The predicted octanol–water partition coefficient (Wildman–Crippen LogP) is 1.57. The van der Waals surface area contributed by atoms with Gasteiger partial charge in [-0.1, -0.05) is 11.6 Å². The van der Waals surface area contributed by atoms with Crippen LogP contribution in [0.5, 0.6) is 0 Å². The summed E-state index contributed by atoms with van der Waals surface area (Å²) in [6.07, 6.45) is 0.753. The Labute approximate surface area is 117 Å². The third-order valence-corrected chi connectivity index (χ3v) is 3.68. The van der Waals surface area contributed by atoms with E-state index >= 15 is 0 Å². The minimum absolute atomic E-state index is 0.0255. The van der Waals surface area contributed by atoms with Gasteiger partial charge >= 0.3 is 0 Å². The summed E-state index contributed by atoms with van der Waals surface area (Å²) in [4.78, 5) is 18.1. The smallest absolute Gasteiger partial charge is 0.227 e. The molecule has 100 valence electrons. The fourth-order valence-electron chi connectivity index (χ4n) is 2.35. The van der Waals surface area contributed by atoms with Gasteiger partial charge in [-0.25, -0.2) is 4.98 Å². The number of nitriles is 1. The van der Waals surface area contributed by atoms with Crippen LogP contribution in [0.25, 0.3) is 0 Å². The molecule has 1 atom stereocenters. The first-order chi connectivity index (χ1) is 8.98. The van der Waals surface area contributed by atoms with Gasteiger partial charge in [0.1, 0.15) is 11.0 Å². The highest BCUT2D eigenvalue weighted by atomic mass is 35.5. The van der Waals surface area contributed by atoms with Crippen LogP contribution in [0, 0.1) is 16.7 Å². The summed E-state index contributed by atoms with van der Waals surface area (Å²) in [5.41, 5.74) is 0.0505. The lowest BCUT2D eigenvalue weighted by molar-refractivity contribution is -0.128. The Balaban J connectivity index is 2.24. The molecule has 5 nitrogen and oxygen atoms in total. The molecular weight excluding hydrogens is 264 g/mol. The topological polar surface area (TPSA) is 69.0 Å². The average Bonchev–Trinajstić information content (AvgIpc) is 2.81. The Morgan fingerprint density at radius 3 is 3.00 bits per heavy atom. The number of anilines is 1.